The monoisotopic (exact) mass is 379 g/mol. The van der Waals surface area contributed by atoms with Gasteiger partial charge in [-0.15, -0.1) is 0 Å². The summed E-state index contributed by atoms with van der Waals surface area (Å²) in [5.41, 5.74) is 1.23. The molecule has 0 radical (unpaired) electrons. The van der Waals surface area contributed by atoms with Crippen LogP contribution in [0.4, 0.5) is 0 Å². The Morgan fingerprint density at radius 3 is 2.89 bits per heavy atom. The van der Waals surface area contributed by atoms with Gasteiger partial charge in [0, 0.05) is 24.2 Å². The second-order valence-electron chi connectivity index (χ2n) is 8.52. The Morgan fingerprint density at radius 1 is 1.25 bits per heavy atom. The van der Waals surface area contributed by atoms with Gasteiger partial charge >= 0.3 is 0 Å². The average molecular weight is 379 g/mol. The van der Waals surface area contributed by atoms with Gasteiger partial charge in [0.1, 0.15) is 22.9 Å². The van der Waals surface area contributed by atoms with Crippen molar-refractivity contribution in [2.75, 3.05) is 6.54 Å². The van der Waals surface area contributed by atoms with Gasteiger partial charge in [0.2, 0.25) is 0 Å². The van der Waals surface area contributed by atoms with Crippen molar-refractivity contribution in [3.8, 4) is 5.75 Å². The number of aryl methyl sites for hydroxylation is 1. The topological polar surface area (TPSA) is 64.6 Å². The lowest BCUT2D eigenvalue weighted by molar-refractivity contribution is -0.159. The molecule has 0 bridgehead atoms. The third kappa shape index (κ3) is 2.70. The molecule has 6 nitrogen and oxygen atoms in total. The smallest absolute Gasteiger partial charge is 0.272 e. The average Bonchev–Trinajstić information content (AvgIpc) is 3.09. The summed E-state index contributed by atoms with van der Waals surface area (Å²) in [5.74, 6) is 1.67. The van der Waals surface area contributed by atoms with Crippen LogP contribution in [-0.4, -0.2) is 45.1 Å². The molecule has 3 aliphatic heterocycles. The van der Waals surface area contributed by atoms with E-state index in [1.54, 1.807) is 19.2 Å². The minimum absolute atomic E-state index is 0.0116. The molecular formula is C22H25N3O3. The molecule has 28 heavy (non-hydrogen) atoms. The van der Waals surface area contributed by atoms with Gasteiger partial charge in [-0.2, -0.15) is 0 Å². The summed E-state index contributed by atoms with van der Waals surface area (Å²) in [7, 11) is 0. The summed E-state index contributed by atoms with van der Waals surface area (Å²) >= 11 is 0. The Kier molecular flexibility index (Phi) is 3.95. The summed E-state index contributed by atoms with van der Waals surface area (Å²) < 4.78 is 12.9. The molecule has 146 valence electrons. The van der Waals surface area contributed by atoms with Crippen LogP contribution in [-0.2, 0) is 4.74 Å². The molecule has 6 heteroatoms. The maximum atomic E-state index is 13.1. The molecule has 0 unspecified atom stereocenters. The Morgan fingerprint density at radius 2 is 2.07 bits per heavy atom. The number of hydrogen-bond donors (Lipinski definition) is 0. The number of amides is 1. The molecule has 4 atom stereocenters. The van der Waals surface area contributed by atoms with E-state index in [0.29, 0.717) is 18.1 Å². The second-order valence-corrected chi connectivity index (χ2v) is 8.52. The first-order chi connectivity index (χ1) is 13.4. The van der Waals surface area contributed by atoms with Crippen molar-refractivity contribution in [2.24, 2.45) is 5.92 Å². The standard InChI is InChI=1S/C22H25N3O3/c1-13-23-10-8-16(24-13)21(26)25-11-9-19-17(25)12-15-20(27-19)14-6-4-5-7-18(14)28-22(15,2)3/h4-8,10,15,17,19-20H,9,11-12H2,1-3H3/t15-,17-,19-,20+/m1/s1. The van der Waals surface area contributed by atoms with E-state index >= 15 is 0 Å². The van der Waals surface area contributed by atoms with E-state index in [4.69, 9.17) is 9.47 Å². The second kappa shape index (κ2) is 6.27. The molecule has 0 N–H and O–H groups in total. The summed E-state index contributed by atoms with van der Waals surface area (Å²) in [6.07, 6.45) is 3.43. The third-order valence-corrected chi connectivity index (χ3v) is 6.41. The van der Waals surface area contributed by atoms with Crippen LogP contribution in [0.3, 0.4) is 0 Å². The number of benzene rings is 1. The van der Waals surface area contributed by atoms with E-state index in [9.17, 15) is 4.79 Å². The van der Waals surface area contributed by atoms with Gasteiger partial charge in [-0.1, -0.05) is 18.2 Å². The number of fused-ring (bicyclic) bond motifs is 4. The summed E-state index contributed by atoms with van der Waals surface area (Å²) in [6, 6.07) is 9.90. The van der Waals surface area contributed by atoms with Gasteiger partial charge < -0.3 is 14.4 Å². The van der Waals surface area contributed by atoms with E-state index in [-0.39, 0.29) is 35.7 Å². The number of aromatic nitrogens is 2. The summed E-state index contributed by atoms with van der Waals surface area (Å²) in [5, 5.41) is 0. The number of rotatable bonds is 1. The SMILES string of the molecule is Cc1nccc(C(=O)N2CC[C@H]3O[C@H]4c5ccccc5OC(C)(C)[C@@H]4C[C@H]32)n1. The number of ether oxygens (including phenoxy) is 2. The largest absolute Gasteiger partial charge is 0.487 e. The Bertz CT molecular complexity index is 929. The molecule has 2 saturated heterocycles. The molecule has 4 heterocycles. The lowest BCUT2D eigenvalue weighted by Gasteiger charge is -2.50. The quantitative estimate of drug-likeness (QED) is 0.761. The lowest BCUT2D eigenvalue weighted by Crippen LogP contribution is -2.54. The third-order valence-electron chi connectivity index (χ3n) is 6.41. The fourth-order valence-corrected chi connectivity index (χ4v) is 5.01. The zero-order chi connectivity index (χ0) is 19.5. The molecule has 0 aliphatic carbocycles. The molecular weight excluding hydrogens is 354 g/mol. The van der Waals surface area contributed by atoms with Gasteiger partial charge in [-0.25, -0.2) is 9.97 Å². The number of nitrogens with zero attached hydrogens (tertiary/aromatic N) is 3. The van der Waals surface area contributed by atoms with Crippen molar-refractivity contribution < 1.29 is 14.3 Å². The predicted molar refractivity (Wildman–Crippen MR) is 103 cm³/mol. The number of para-hydroxylation sites is 1. The molecule has 1 aromatic carbocycles. The van der Waals surface area contributed by atoms with Crippen LogP contribution in [0.5, 0.6) is 5.75 Å². The van der Waals surface area contributed by atoms with Gasteiger partial charge in [-0.3, -0.25) is 4.79 Å². The molecule has 2 aromatic rings. The zero-order valence-corrected chi connectivity index (χ0v) is 16.5. The zero-order valence-electron chi connectivity index (χ0n) is 16.5. The summed E-state index contributed by atoms with van der Waals surface area (Å²) in [6.45, 7) is 6.75. The highest BCUT2D eigenvalue weighted by Crippen LogP contribution is 2.52. The fourth-order valence-electron chi connectivity index (χ4n) is 5.01. The van der Waals surface area contributed by atoms with Crippen molar-refractivity contribution in [3.05, 3.63) is 53.6 Å². The predicted octanol–water partition coefficient (Wildman–Crippen LogP) is 3.32. The van der Waals surface area contributed by atoms with Crippen LogP contribution in [0.15, 0.2) is 36.5 Å². The van der Waals surface area contributed by atoms with Crippen LogP contribution in [0.1, 0.15) is 54.7 Å². The van der Waals surface area contributed by atoms with Crippen LogP contribution in [0.2, 0.25) is 0 Å². The first-order valence-corrected chi connectivity index (χ1v) is 9.98. The van der Waals surface area contributed by atoms with Crippen LogP contribution in [0.25, 0.3) is 0 Å². The highest BCUT2D eigenvalue weighted by molar-refractivity contribution is 5.92. The number of hydrogen-bond acceptors (Lipinski definition) is 5. The molecule has 2 fully saturated rings. The molecule has 5 rings (SSSR count). The Hall–Kier alpha value is -2.47. The van der Waals surface area contributed by atoms with Crippen molar-refractivity contribution in [1.82, 2.24) is 14.9 Å². The fraction of sp³-hybridized carbons (Fsp3) is 0.500. The number of carbonyl (C=O) groups is 1. The first-order valence-electron chi connectivity index (χ1n) is 9.98. The Labute approximate surface area is 164 Å². The van der Waals surface area contributed by atoms with Gasteiger partial charge in [-0.05, 0) is 45.7 Å². The van der Waals surface area contributed by atoms with Crippen LogP contribution >= 0.6 is 0 Å². The van der Waals surface area contributed by atoms with Crippen LogP contribution < -0.4 is 4.74 Å². The Balaban J connectivity index is 1.45. The summed E-state index contributed by atoms with van der Waals surface area (Å²) in [4.78, 5) is 23.5. The minimum atomic E-state index is -0.354. The van der Waals surface area contributed by atoms with Gasteiger partial charge in [0.25, 0.3) is 5.91 Å². The molecule has 0 spiro atoms. The molecule has 0 saturated carbocycles. The first kappa shape index (κ1) is 17.6. The van der Waals surface area contributed by atoms with E-state index in [2.05, 4.69) is 29.9 Å². The van der Waals surface area contributed by atoms with E-state index in [0.717, 1.165) is 24.2 Å². The van der Waals surface area contributed by atoms with Crippen molar-refractivity contribution in [2.45, 2.75) is 57.5 Å². The lowest BCUT2D eigenvalue weighted by atomic mass is 9.74. The van der Waals surface area contributed by atoms with Gasteiger partial charge in [0.15, 0.2) is 0 Å². The number of likely N-dealkylation sites (tertiary alicyclic amines) is 1. The van der Waals surface area contributed by atoms with E-state index in [1.807, 2.05) is 23.1 Å². The van der Waals surface area contributed by atoms with Crippen molar-refractivity contribution in [3.63, 3.8) is 0 Å². The highest BCUT2D eigenvalue weighted by atomic mass is 16.5. The molecule has 1 aromatic heterocycles. The maximum Gasteiger partial charge on any atom is 0.272 e. The minimum Gasteiger partial charge on any atom is -0.487 e. The highest BCUT2D eigenvalue weighted by Gasteiger charge is 2.53. The van der Waals surface area contributed by atoms with E-state index < -0.39 is 0 Å². The maximum absolute atomic E-state index is 13.1. The van der Waals surface area contributed by atoms with E-state index in [1.165, 1.54) is 0 Å². The number of carbonyl (C=O) groups excluding carboxylic acids is 1. The normalized spacial score (nSPS) is 30.0. The van der Waals surface area contributed by atoms with Gasteiger partial charge in [0.05, 0.1) is 18.2 Å². The van der Waals surface area contributed by atoms with Crippen molar-refractivity contribution in [1.29, 1.82) is 0 Å². The molecule has 1 amide bonds. The van der Waals surface area contributed by atoms with Crippen molar-refractivity contribution >= 4 is 5.91 Å². The van der Waals surface area contributed by atoms with Crippen LogP contribution in [0, 0.1) is 12.8 Å². The molecule has 3 aliphatic rings.